The predicted octanol–water partition coefficient (Wildman–Crippen LogP) is 4.01. The second-order valence-electron chi connectivity index (χ2n) is 8.63. The molecular weight excluding hydrogens is 378 g/mol. The third-order valence-electron chi connectivity index (χ3n) is 6.70. The molecule has 0 atom stereocenters. The van der Waals surface area contributed by atoms with Crippen LogP contribution in [0, 0.1) is 12.8 Å². The second kappa shape index (κ2) is 9.84. The lowest BCUT2D eigenvalue weighted by Crippen LogP contribution is -2.35. The van der Waals surface area contributed by atoms with Gasteiger partial charge >= 0.3 is 0 Å². The lowest BCUT2D eigenvalue weighted by atomic mass is 9.95. The second-order valence-corrected chi connectivity index (χ2v) is 8.63. The number of hydrogen-bond donors (Lipinski definition) is 0. The molecule has 2 fully saturated rings. The van der Waals surface area contributed by atoms with E-state index in [2.05, 4.69) is 28.7 Å². The fraction of sp³-hybridized carbons (Fsp3) is 0.625. The number of imidazole rings is 1. The number of aromatic nitrogens is 2. The Balaban J connectivity index is 1.35. The molecular formula is C24H35N3O3. The lowest BCUT2D eigenvalue weighted by molar-refractivity contribution is 0.0822. The summed E-state index contributed by atoms with van der Waals surface area (Å²) in [5.41, 5.74) is 2.49. The summed E-state index contributed by atoms with van der Waals surface area (Å²) < 4.78 is 19.1. The van der Waals surface area contributed by atoms with Crippen molar-refractivity contribution in [3.63, 3.8) is 0 Å². The number of methoxy groups -OCH3 is 2. The quantitative estimate of drug-likeness (QED) is 0.686. The molecule has 6 nitrogen and oxygen atoms in total. The number of ether oxygens (including phenoxy) is 3. The number of benzene rings is 1. The molecule has 2 aromatic rings. The molecule has 0 aliphatic carbocycles. The number of piperidine rings is 1. The van der Waals surface area contributed by atoms with E-state index in [0.29, 0.717) is 11.8 Å². The van der Waals surface area contributed by atoms with Gasteiger partial charge in [-0.2, -0.15) is 0 Å². The van der Waals surface area contributed by atoms with Crippen molar-refractivity contribution >= 4 is 0 Å². The van der Waals surface area contributed by atoms with Gasteiger partial charge in [-0.15, -0.1) is 0 Å². The van der Waals surface area contributed by atoms with Gasteiger partial charge in [0.2, 0.25) is 0 Å². The first kappa shape index (κ1) is 21.2. The van der Waals surface area contributed by atoms with E-state index < -0.39 is 0 Å². The van der Waals surface area contributed by atoms with Crippen molar-refractivity contribution in [3.8, 4) is 11.5 Å². The van der Waals surface area contributed by atoms with Gasteiger partial charge in [0, 0.05) is 49.7 Å². The topological polar surface area (TPSA) is 48.8 Å². The van der Waals surface area contributed by atoms with Gasteiger partial charge in [0.25, 0.3) is 0 Å². The van der Waals surface area contributed by atoms with Crippen LogP contribution in [0.3, 0.4) is 0 Å². The summed E-state index contributed by atoms with van der Waals surface area (Å²) in [6.45, 7) is 8.15. The largest absolute Gasteiger partial charge is 0.493 e. The van der Waals surface area contributed by atoms with Crippen LogP contribution in [0.2, 0.25) is 0 Å². The summed E-state index contributed by atoms with van der Waals surface area (Å²) in [6.07, 6.45) is 6.68. The highest BCUT2D eigenvalue weighted by Crippen LogP contribution is 2.33. The van der Waals surface area contributed by atoms with Crippen LogP contribution in [0.4, 0.5) is 0 Å². The Morgan fingerprint density at radius 1 is 1.07 bits per heavy atom. The van der Waals surface area contributed by atoms with Crippen LogP contribution in [0.15, 0.2) is 24.4 Å². The molecule has 4 rings (SSSR count). The molecule has 0 amide bonds. The summed E-state index contributed by atoms with van der Waals surface area (Å²) in [5, 5.41) is 0. The van der Waals surface area contributed by atoms with E-state index in [-0.39, 0.29) is 0 Å². The van der Waals surface area contributed by atoms with E-state index in [1.54, 1.807) is 14.2 Å². The summed E-state index contributed by atoms with van der Waals surface area (Å²) in [6, 6.07) is 6.14. The van der Waals surface area contributed by atoms with Crippen molar-refractivity contribution in [3.05, 3.63) is 41.5 Å². The van der Waals surface area contributed by atoms with Crippen LogP contribution in [0.25, 0.3) is 0 Å². The Morgan fingerprint density at radius 2 is 1.83 bits per heavy atom. The Labute approximate surface area is 180 Å². The molecule has 2 saturated heterocycles. The molecule has 0 radical (unpaired) electrons. The van der Waals surface area contributed by atoms with E-state index >= 15 is 0 Å². The van der Waals surface area contributed by atoms with Gasteiger partial charge in [0.1, 0.15) is 5.82 Å². The van der Waals surface area contributed by atoms with Crippen LogP contribution in [0.5, 0.6) is 11.5 Å². The molecule has 0 spiro atoms. The molecule has 3 heterocycles. The summed E-state index contributed by atoms with van der Waals surface area (Å²) >= 11 is 0. The summed E-state index contributed by atoms with van der Waals surface area (Å²) in [5.74, 6) is 4.20. The lowest BCUT2D eigenvalue weighted by Gasteiger charge is -2.33. The molecule has 0 unspecified atom stereocenters. The SMILES string of the molecule is COc1cccc(CN2CCC(Cn3c(C)cnc3C3CCOCC3)CC2)c1OC. The average molecular weight is 414 g/mol. The van der Waals surface area contributed by atoms with Crippen LogP contribution in [0.1, 0.15) is 48.7 Å². The highest BCUT2D eigenvalue weighted by atomic mass is 16.5. The van der Waals surface area contributed by atoms with Crippen molar-refractivity contribution in [2.24, 2.45) is 5.92 Å². The Morgan fingerprint density at radius 3 is 2.53 bits per heavy atom. The van der Waals surface area contributed by atoms with Crippen molar-refractivity contribution in [1.29, 1.82) is 0 Å². The smallest absolute Gasteiger partial charge is 0.165 e. The molecule has 0 saturated carbocycles. The van der Waals surface area contributed by atoms with Crippen LogP contribution in [-0.2, 0) is 17.8 Å². The number of rotatable bonds is 7. The first-order valence-corrected chi connectivity index (χ1v) is 11.2. The van der Waals surface area contributed by atoms with Crippen molar-refractivity contribution < 1.29 is 14.2 Å². The Kier molecular flexibility index (Phi) is 6.95. The minimum absolute atomic E-state index is 0.549. The molecule has 0 N–H and O–H groups in total. The average Bonchev–Trinajstić information content (AvgIpc) is 3.15. The zero-order valence-corrected chi connectivity index (χ0v) is 18.6. The standard InChI is InChI=1S/C24H35N3O3/c1-18-15-25-24(20-9-13-30-14-10-20)27(18)16-19-7-11-26(12-8-19)17-21-5-4-6-22(28-2)23(21)29-3/h4-6,15,19-20H,7-14,16-17H2,1-3H3. The predicted molar refractivity (Wildman–Crippen MR) is 117 cm³/mol. The molecule has 2 aliphatic rings. The Hall–Kier alpha value is -2.05. The maximum Gasteiger partial charge on any atom is 0.165 e. The van der Waals surface area contributed by atoms with E-state index in [1.807, 2.05) is 12.1 Å². The highest BCUT2D eigenvalue weighted by Gasteiger charge is 2.25. The van der Waals surface area contributed by atoms with Gasteiger partial charge in [-0.3, -0.25) is 4.90 Å². The number of para-hydroxylation sites is 1. The van der Waals surface area contributed by atoms with E-state index in [0.717, 1.165) is 63.7 Å². The molecule has 1 aromatic carbocycles. The fourth-order valence-corrected chi connectivity index (χ4v) is 4.90. The minimum atomic E-state index is 0.549. The van der Waals surface area contributed by atoms with E-state index in [1.165, 1.54) is 29.9 Å². The third kappa shape index (κ3) is 4.65. The summed E-state index contributed by atoms with van der Waals surface area (Å²) in [4.78, 5) is 7.32. The molecule has 0 bridgehead atoms. The van der Waals surface area contributed by atoms with Gasteiger partial charge in [0.05, 0.1) is 14.2 Å². The van der Waals surface area contributed by atoms with Gasteiger partial charge < -0.3 is 18.8 Å². The number of likely N-dealkylation sites (tertiary alicyclic amines) is 1. The highest BCUT2D eigenvalue weighted by molar-refractivity contribution is 5.46. The van der Waals surface area contributed by atoms with Crippen molar-refractivity contribution in [1.82, 2.24) is 14.5 Å². The molecule has 164 valence electrons. The molecule has 2 aliphatic heterocycles. The first-order valence-electron chi connectivity index (χ1n) is 11.2. The minimum Gasteiger partial charge on any atom is -0.493 e. The van der Waals surface area contributed by atoms with Crippen LogP contribution < -0.4 is 9.47 Å². The monoisotopic (exact) mass is 413 g/mol. The van der Waals surface area contributed by atoms with Gasteiger partial charge in [-0.05, 0) is 57.7 Å². The van der Waals surface area contributed by atoms with Crippen LogP contribution in [-0.4, -0.2) is 55.0 Å². The number of hydrogen-bond acceptors (Lipinski definition) is 5. The number of nitrogens with zero attached hydrogens (tertiary/aromatic N) is 3. The van der Waals surface area contributed by atoms with Gasteiger partial charge in [-0.25, -0.2) is 4.98 Å². The van der Waals surface area contributed by atoms with E-state index in [4.69, 9.17) is 19.2 Å². The van der Waals surface area contributed by atoms with Gasteiger partial charge in [0.15, 0.2) is 11.5 Å². The molecule has 6 heteroatoms. The third-order valence-corrected chi connectivity index (χ3v) is 6.70. The number of aryl methyl sites for hydroxylation is 1. The maximum absolute atomic E-state index is 5.61. The normalized spacial score (nSPS) is 19.2. The zero-order valence-electron chi connectivity index (χ0n) is 18.6. The van der Waals surface area contributed by atoms with Crippen molar-refractivity contribution in [2.45, 2.75) is 51.6 Å². The molecule has 30 heavy (non-hydrogen) atoms. The Bertz CT molecular complexity index is 821. The maximum atomic E-state index is 5.61. The zero-order chi connectivity index (χ0) is 20.9. The van der Waals surface area contributed by atoms with Crippen LogP contribution >= 0.6 is 0 Å². The first-order chi connectivity index (χ1) is 14.7. The molecule has 1 aromatic heterocycles. The van der Waals surface area contributed by atoms with Gasteiger partial charge in [-0.1, -0.05) is 12.1 Å². The fourth-order valence-electron chi connectivity index (χ4n) is 4.90. The summed E-state index contributed by atoms with van der Waals surface area (Å²) in [7, 11) is 3.41. The van der Waals surface area contributed by atoms with E-state index in [9.17, 15) is 0 Å². The van der Waals surface area contributed by atoms with Crippen molar-refractivity contribution in [2.75, 3.05) is 40.5 Å².